The molecule has 0 spiro atoms. The van der Waals surface area contributed by atoms with Crippen LogP contribution in [0.25, 0.3) is 94.0 Å². The van der Waals surface area contributed by atoms with E-state index in [1.807, 2.05) is 54.9 Å². The Balaban J connectivity index is 1.14. The molecule has 0 unspecified atom stereocenters. The molecule has 0 fully saturated rings. The minimum absolute atomic E-state index is 0.254. The van der Waals surface area contributed by atoms with Gasteiger partial charge < -0.3 is 0 Å². The molecule has 0 saturated heterocycles. The van der Waals surface area contributed by atoms with E-state index in [1.165, 1.54) is 27.8 Å². The molecule has 1 aliphatic rings. The van der Waals surface area contributed by atoms with Crippen LogP contribution in [0.1, 0.15) is 25.0 Å². The van der Waals surface area contributed by atoms with Crippen molar-refractivity contribution in [1.82, 2.24) is 15.0 Å². The van der Waals surface area contributed by atoms with Crippen LogP contribution in [0.15, 0.2) is 182 Å². The number of rotatable bonds is 6. The molecule has 9 aromatic rings. The van der Waals surface area contributed by atoms with E-state index in [1.54, 1.807) is 0 Å². The first-order chi connectivity index (χ1) is 27.9. The Morgan fingerprint density at radius 1 is 0.474 bits per heavy atom. The Labute approximate surface area is 332 Å². The third-order valence-corrected chi connectivity index (χ3v) is 11.4. The Morgan fingerprint density at radius 3 is 1.82 bits per heavy atom. The second-order valence-electron chi connectivity index (χ2n) is 15.2. The zero-order valence-electron chi connectivity index (χ0n) is 31.6. The summed E-state index contributed by atoms with van der Waals surface area (Å²) in [5.41, 5.74) is 16.6. The molecular weight excluding hydrogens is 693 g/mol. The van der Waals surface area contributed by atoms with Crippen molar-refractivity contribution in [3.63, 3.8) is 0 Å². The molecule has 57 heavy (non-hydrogen) atoms. The Bertz CT molecular complexity index is 3020. The lowest BCUT2D eigenvalue weighted by Gasteiger charge is -2.22. The van der Waals surface area contributed by atoms with Gasteiger partial charge in [-0.25, -0.2) is 14.8 Å². The van der Waals surface area contributed by atoms with Crippen LogP contribution in [-0.4, -0.2) is 15.0 Å². The molecule has 0 bridgehead atoms. The molecular formula is C53H36N4. The van der Waals surface area contributed by atoms with Crippen molar-refractivity contribution < 1.29 is 0 Å². The van der Waals surface area contributed by atoms with Crippen LogP contribution in [-0.2, 0) is 5.41 Å². The second kappa shape index (κ2) is 13.7. The van der Waals surface area contributed by atoms with E-state index in [0.717, 1.165) is 66.7 Å². The van der Waals surface area contributed by atoms with Gasteiger partial charge in [0.1, 0.15) is 0 Å². The Hall–Kier alpha value is -7.48. The predicted octanol–water partition coefficient (Wildman–Crippen LogP) is 13.9. The SMILES string of the molecule is [C-]#[N+]c1cccc2ccc3c(c12)-c1ccc(-c2cc(-c4cccnc4)cc(-c4cc(-c5ccc(-c6ccccc6)cc5)nc(-c5ccccc5)n4)c2)cc1C3(C)C. The van der Waals surface area contributed by atoms with Crippen molar-refractivity contribution in [2.75, 3.05) is 0 Å². The third-order valence-electron chi connectivity index (χ3n) is 11.4. The van der Waals surface area contributed by atoms with Gasteiger partial charge in [0.2, 0.25) is 0 Å². The van der Waals surface area contributed by atoms with Gasteiger partial charge in [-0.05, 0) is 97.2 Å². The highest BCUT2D eigenvalue weighted by molar-refractivity contribution is 6.09. The quantitative estimate of drug-likeness (QED) is 0.160. The van der Waals surface area contributed by atoms with Crippen molar-refractivity contribution in [3.8, 4) is 78.4 Å². The van der Waals surface area contributed by atoms with Crippen LogP contribution in [0.2, 0.25) is 0 Å². The van der Waals surface area contributed by atoms with Gasteiger partial charge >= 0.3 is 0 Å². The predicted molar refractivity (Wildman–Crippen MR) is 234 cm³/mol. The van der Waals surface area contributed by atoms with Crippen molar-refractivity contribution in [2.24, 2.45) is 0 Å². The van der Waals surface area contributed by atoms with Crippen LogP contribution in [0.5, 0.6) is 0 Å². The van der Waals surface area contributed by atoms with Crippen molar-refractivity contribution in [2.45, 2.75) is 19.3 Å². The number of benzene rings is 7. The molecule has 0 aliphatic heterocycles. The van der Waals surface area contributed by atoms with Gasteiger partial charge in [0.25, 0.3) is 0 Å². The molecule has 268 valence electrons. The lowest BCUT2D eigenvalue weighted by Crippen LogP contribution is -2.15. The normalized spacial score (nSPS) is 12.5. The fraction of sp³-hybridized carbons (Fsp3) is 0.0566. The largest absolute Gasteiger partial charge is 0.264 e. The molecule has 0 amide bonds. The first-order valence-corrected chi connectivity index (χ1v) is 19.2. The fourth-order valence-electron chi connectivity index (χ4n) is 8.42. The van der Waals surface area contributed by atoms with E-state index in [4.69, 9.17) is 16.5 Å². The number of fused-ring (bicyclic) bond motifs is 5. The van der Waals surface area contributed by atoms with Gasteiger partial charge in [-0.2, -0.15) is 0 Å². The number of hydrogen-bond acceptors (Lipinski definition) is 3. The van der Waals surface area contributed by atoms with Crippen molar-refractivity contribution in [3.05, 3.63) is 205 Å². The summed E-state index contributed by atoms with van der Waals surface area (Å²) in [6, 6.07) is 59.4. The monoisotopic (exact) mass is 728 g/mol. The average Bonchev–Trinajstić information content (AvgIpc) is 3.52. The van der Waals surface area contributed by atoms with E-state index in [9.17, 15) is 0 Å². The maximum atomic E-state index is 7.98. The molecule has 4 nitrogen and oxygen atoms in total. The van der Waals surface area contributed by atoms with E-state index >= 15 is 0 Å². The lowest BCUT2D eigenvalue weighted by molar-refractivity contribution is 0.661. The molecule has 10 rings (SSSR count). The van der Waals surface area contributed by atoms with E-state index in [-0.39, 0.29) is 5.41 Å². The summed E-state index contributed by atoms with van der Waals surface area (Å²) in [4.78, 5) is 18.8. The molecule has 2 aromatic heterocycles. The zero-order valence-corrected chi connectivity index (χ0v) is 31.6. The molecule has 0 saturated carbocycles. The van der Waals surface area contributed by atoms with Crippen LogP contribution in [0.4, 0.5) is 5.69 Å². The molecule has 7 aromatic carbocycles. The third kappa shape index (κ3) is 5.98. The summed E-state index contributed by atoms with van der Waals surface area (Å²) in [6.07, 6.45) is 3.73. The lowest BCUT2D eigenvalue weighted by atomic mass is 9.81. The summed E-state index contributed by atoms with van der Waals surface area (Å²) in [5.74, 6) is 0.673. The first kappa shape index (κ1) is 34.0. The van der Waals surface area contributed by atoms with Crippen LogP contribution in [0.3, 0.4) is 0 Å². The first-order valence-electron chi connectivity index (χ1n) is 19.2. The summed E-state index contributed by atoms with van der Waals surface area (Å²) in [5, 5.41) is 2.13. The summed E-state index contributed by atoms with van der Waals surface area (Å²) >= 11 is 0. The van der Waals surface area contributed by atoms with Crippen LogP contribution < -0.4 is 0 Å². The van der Waals surface area contributed by atoms with E-state index in [0.29, 0.717) is 11.5 Å². The topological polar surface area (TPSA) is 43.0 Å². The van der Waals surface area contributed by atoms with E-state index in [2.05, 4.69) is 151 Å². The molecule has 2 heterocycles. The smallest absolute Gasteiger partial charge is 0.195 e. The number of pyridine rings is 1. The second-order valence-corrected chi connectivity index (χ2v) is 15.2. The van der Waals surface area contributed by atoms with Gasteiger partial charge in [-0.1, -0.05) is 147 Å². The highest BCUT2D eigenvalue weighted by atomic mass is 14.9. The highest BCUT2D eigenvalue weighted by Crippen LogP contribution is 2.53. The number of aromatic nitrogens is 3. The summed E-state index contributed by atoms with van der Waals surface area (Å²) in [7, 11) is 0. The minimum atomic E-state index is -0.254. The van der Waals surface area contributed by atoms with Crippen molar-refractivity contribution in [1.29, 1.82) is 0 Å². The highest BCUT2D eigenvalue weighted by Gasteiger charge is 2.37. The Kier molecular flexibility index (Phi) is 8.17. The van der Waals surface area contributed by atoms with Crippen LogP contribution >= 0.6 is 0 Å². The van der Waals surface area contributed by atoms with E-state index < -0.39 is 0 Å². The molecule has 0 radical (unpaired) electrons. The summed E-state index contributed by atoms with van der Waals surface area (Å²) < 4.78 is 0. The number of hydrogen-bond donors (Lipinski definition) is 0. The minimum Gasteiger partial charge on any atom is -0.264 e. The van der Waals surface area contributed by atoms with Gasteiger partial charge in [0.15, 0.2) is 11.5 Å². The van der Waals surface area contributed by atoms with Crippen LogP contribution in [0, 0.1) is 6.57 Å². The maximum absolute atomic E-state index is 7.98. The average molecular weight is 729 g/mol. The molecule has 1 aliphatic carbocycles. The van der Waals surface area contributed by atoms with Gasteiger partial charge in [-0.3, -0.25) is 4.98 Å². The van der Waals surface area contributed by atoms with Gasteiger partial charge in [0.05, 0.1) is 18.0 Å². The van der Waals surface area contributed by atoms with Gasteiger partial charge in [0, 0.05) is 40.1 Å². The van der Waals surface area contributed by atoms with Gasteiger partial charge in [-0.15, -0.1) is 0 Å². The van der Waals surface area contributed by atoms with Crippen molar-refractivity contribution >= 4 is 16.5 Å². The standard InChI is InChI=1S/C53H36N4/c1-53(2)45-26-24-37-16-10-18-47(54-3)50(37)51(45)44-25-23-39(31-46(44)53)41-28-42(40-17-11-27-55-33-40)30-43(29-41)49-32-48(56-52(57-49)38-14-8-5-9-15-38)36-21-19-35(20-22-36)34-12-6-4-7-13-34/h4-33H,1-2H3. The fourth-order valence-corrected chi connectivity index (χ4v) is 8.42. The molecule has 0 N–H and O–H groups in total. The number of nitrogens with zero attached hydrogens (tertiary/aromatic N) is 4. The summed E-state index contributed by atoms with van der Waals surface area (Å²) in [6.45, 7) is 12.6. The molecule has 4 heteroatoms. The zero-order chi connectivity index (χ0) is 38.5. The Morgan fingerprint density at radius 2 is 1.11 bits per heavy atom. The maximum Gasteiger partial charge on any atom is 0.195 e. The molecule has 0 atom stereocenters.